The van der Waals surface area contributed by atoms with E-state index in [1.807, 2.05) is 11.3 Å². The van der Waals surface area contributed by atoms with E-state index >= 15 is 0 Å². The number of fused-ring (bicyclic) bond motifs is 1. The summed E-state index contributed by atoms with van der Waals surface area (Å²) in [4.78, 5) is 3.10. The van der Waals surface area contributed by atoms with Crippen molar-refractivity contribution >= 4 is 11.3 Å². The quantitative estimate of drug-likeness (QED) is 0.856. The van der Waals surface area contributed by atoms with Gasteiger partial charge in [-0.2, -0.15) is 0 Å². The van der Waals surface area contributed by atoms with E-state index in [-0.39, 0.29) is 0 Å². The van der Waals surface area contributed by atoms with Crippen LogP contribution in [0.1, 0.15) is 66.8 Å². The Morgan fingerprint density at radius 1 is 1.28 bits per heavy atom. The molecule has 1 saturated carbocycles. The van der Waals surface area contributed by atoms with Crippen LogP contribution >= 0.6 is 11.3 Å². The molecule has 1 unspecified atom stereocenters. The fraction of sp³-hybridized carbons (Fsp3) is 0.750. The van der Waals surface area contributed by atoms with Crippen LogP contribution in [0.2, 0.25) is 0 Å². The minimum atomic E-state index is 0.318. The molecule has 1 aromatic rings. The van der Waals surface area contributed by atoms with Gasteiger partial charge in [-0.15, -0.1) is 11.3 Å². The predicted molar refractivity (Wildman–Crippen MR) is 79.0 cm³/mol. The van der Waals surface area contributed by atoms with Crippen molar-refractivity contribution in [1.82, 2.24) is 0 Å². The van der Waals surface area contributed by atoms with Gasteiger partial charge in [-0.3, -0.25) is 0 Å². The zero-order chi connectivity index (χ0) is 12.5. The number of nitrogens with two attached hydrogens (primary N) is 1. The number of aryl methyl sites for hydroxylation is 2. The molecule has 18 heavy (non-hydrogen) atoms. The van der Waals surface area contributed by atoms with E-state index in [1.54, 1.807) is 10.4 Å². The Bertz CT molecular complexity index is 380. The van der Waals surface area contributed by atoms with Gasteiger partial charge in [0.15, 0.2) is 0 Å². The summed E-state index contributed by atoms with van der Waals surface area (Å²) in [6, 6.07) is 2.74. The van der Waals surface area contributed by atoms with Gasteiger partial charge in [0, 0.05) is 15.8 Å². The number of thiophene rings is 1. The molecule has 0 radical (unpaired) electrons. The second-order valence-electron chi connectivity index (χ2n) is 6.17. The predicted octanol–water partition coefficient (Wildman–Crippen LogP) is 4.45. The van der Waals surface area contributed by atoms with E-state index in [4.69, 9.17) is 5.73 Å². The Kier molecular flexibility index (Phi) is 3.76. The molecule has 2 aliphatic rings. The molecule has 1 atom stereocenters. The van der Waals surface area contributed by atoms with Crippen molar-refractivity contribution < 1.29 is 0 Å². The summed E-state index contributed by atoms with van der Waals surface area (Å²) >= 11 is 2.01. The normalized spacial score (nSPS) is 29.2. The Balaban J connectivity index is 1.65. The Morgan fingerprint density at radius 2 is 2.06 bits per heavy atom. The third-order valence-corrected chi connectivity index (χ3v) is 6.41. The molecule has 0 spiro atoms. The maximum Gasteiger partial charge on any atom is 0.0418 e. The molecule has 2 heteroatoms. The van der Waals surface area contributed by atoms with Crippen molar-refractivity contribution in [2.24, 2.45) is 17.6 Å². The van der Waals surface area contributed by atoms with Gasteiger partial charge in [0.1, 0.15) is 0 Å². The maximum atomic E-state index is 6.53. The highest BCUT2D eigenvalue weighted by molar-refractivity contribution is 7.12. The average Bonchev–Trinajstić information content (AvgIpc) is 2.99. The van der Waals surface area contributed by atoms with Gasteiger partial charge in [0.25, 0.3) is 0 Å². The van der Waals surface area contributed by atoms with Crippen molar-refractivity contribution in [2.75, 3.05) is 0 Å². The highest BCUT2D eigenvalue weighted by atomic mass is 32.1. The summed E-state index contributed by atoms with van der Waals surface area (Å²) < 4.78 is 0. The summed E-state index contributed by atoms with van der Waals surface area (Å²) in [7, 11) is 0. The summed E-state index contributed by atoms with van der Waals surface area (Å²) in [5.74, 6) is 1.72. The maximum absolute atomic E-state index is 6.53. The molecule has 2 N–H and O–H groups in total. The van der Waals surface area contributed by atoms with Crippen molar-refractivity contribution in [2.45, 2.75) is 64.3 Å². The smallest absolute Gasteiger partial charge is 0.0418 e. The lowest BCUT2D eigenvalue weighted by Gasteiger charge is -2.31. The Morgan fingerprint density at radius 3 is 2.72 bits per heavy atom. The van der Waals surface area contributed by atoms with Gasteiger partial charge in [-0.25, -0.2) is 0 Å². The second kappa shape index (κ2) is 5.34. The molecule has 0 bridgehead atoms. The lowest BCUT2D eigenvalue weighted by Crippen LogP contribution is -2.25. The van der Waals surface area contributed by atoms with Crippen LogP contribution in [-0.2, 0) is 12.8 Å². The lowest BCUT2D eigenvalue weighted by atomic mass is 9.77. The van der Waals surface area contributed by atoms with E-state index in [9.17, 15) is 0 Å². The van der Waals surface area contributed by atoms with Crippen LogP contribution in [0.25, 0.3) is 0 Å². The minimum absolute atomic E-state index is 0.318. The Labute approximate surface area is 115 Å². The molecule has 0 aliphatic heterocycles. The molecule has 100 valence electrons. The van der Waals surface area contributed by atoms with E-state index < -0.39 is 0 Å². The highest BCUT2D eigenvalue weighted by Gasteiger charge is 2.27. The van der Waals surface area contributed by atoms with Crippen LogP contribution in [0.15, 0.2) is 6.07 Å². The molecule has 1 nitrogen and oxygen atoms in total. The monoisotopic (exact) mass is 263 g/mol. The fourth-order valence-corrected chi connectivity index (χ4v) is 5.06. The molecule has 3 rings (SSSR count). The van der Waals surface area contributed by atoms with Crippen LogP contribution in [0.4, 0.5) is 0 Å². The van der Waals surface area contributed by atoms with Gasteiger partial charge in [-0.05, 0) is 55.6 Å². The minimum Gasteiger partial charge on any atom is -0.323 e. The summed E-state index contributed by atoms with van der Waals surface area (Å²) in [5.41, 5.74) is 8.13. The van der Waals surface area contributed by atoms with E-state index in [0.717, 1.165) is 11.8 Å². The summed E-state index contributed by atoms with van der Waals surface area (Å²) in [5, 5.41) is 0. The first-order valence-corrected chi connectivity index (χ1v) is 8.46. The molecule has 1 heterocycles. The SMILES string of the molecule is CCC1CCC(C(N)c2cc3c(s2)CCC3)CC1. The molecule has 0 aromatic carbocycles. The van der Waals surface area contributed by atoms with E-state index in [2.05, 4.69) is 13.0 Å². The largest absolute Gasteiger partial charge is 0.323 e. The topological polar surface area (TPSA) is 26.0 Å². The number of rotatable bonds is 3. The lowest BCUT2D eigenvalue weighted by molar-refractivity contribution is 0.241. The van der Waals surface area contributed by atoms with E-state index in [1.165, 1.54) is 56.2 Å². The van der Waals surface area contributed by atoms with Gasteiger partial charge in [0.05, 0.1) is 0 Å². The van der Waals surface area contributed by atoms with Gasteiger partial charge < -0.3 is 5.73 Å². The van der Waals surface area contributed by atoms with E-state index in [0.29, 0.717) is 6.04 Å². The molecule has 1 aromatic heterocycles. The zero-order valence-electron chi connectivity index (χ0n) is 11.5. The second-order valence-corrected chi connectivity index (χ2v) is 7.33. The summed E-state index contributed by atoms with van der Waals surface area (Å²) in [6.07, 6.45) is 10.8. The van der Waals surface area contributed by atoms with Crippen LogP contribution < -0.4 is 5.73 Å². The number of hydrogen-bond donors (Lipinski definition) is 1. The van der Waals surface area contributed by atoms with Gasteiger partial charge in [-0.1, -0.05) is 26.2 Å². The van der Waals surface area contributed by atoms with Crippen LogP contribution in [-0.4, -0.2) is 0 Å². The third-order valence-electron chi connectivity index (χ3n) is 5.07. The number of hydrogen-bond acceptors (Lipinski definition) is 2. The average molecular weight is 263 g/mol. The molecule has 2 aliphatic carbocycles. The Hall–Kier alpha value is -0.340. The zero-order valence-corrected chi connectivity index (χ0v) is 12.3. The highest BCUT2D eigenvalue weighted by Crippen LogP contribution is 2.40. The molecular formula is C16H25NS. The van der Waals surface area contributed by atoms with Gasteiger partial charge in [0.2, 0.25) is 0 Å². The first-order chi connectivity index (χ1) is 8.78. The van der Waals surface area contributed by atoms with Crippen molar-refractivity contribution in [3.8, 4) is 0 Å². The first-order valence-electron chi connectivity index (χ1n) is 7.65. The standard InChI is InChI=1S/C16H25NS/c1-2-11-6-8-12(9-7-11)16(17)15-10-13-4-3-5-14(13)18-15/h10-12,16H,2-9,17H2,1H3. The van der Waals surface area contributed by atoms with Crippen molar-refractivity contribution in [3.63, 3.8) is 0 Å². The van der Waals surface area contributed by atoms with Crippen molar-refractivity contribution in [3.05, 3.63) is 21.4 Å². The van der Waals surface area contributed by atoms with Crippen LogP contribution in [0, 0.1) is 11.8 Å². The molecular weight excluding hydrogens is 238 g/mol. The first kappa shape index (κ1) is 12.7. The van der Waals surface area contributed by atoms with Gasteiger partial charge >= 0.3 is 0 Å². The van der Waals surface area contributed by atoms with Crippen molar-refractivity contribution in [1.29, 1.82) is 0 Å². The molecule has 0 saturated heterocycles. The third kappa shape index (κ3) is 2.37. The van der Waals surface area contributed by atoms with Crippen LogP contribution in [0.3, 0.4) is 0 Å². The molecule has 0 amide bonds. The summed E-state index contributed by atoms with van der Waals surface area (Å²) in [6.45, 7) is 2.33. The molecule has 1 fully saturated rings. The van der Waals surface area contributed by atoms with Crippen LogP contribution in [0.5, 0.6) is 0 Å². The fourth-order valence-electron chi connectivity index (χ4n) is 3.70.